The Morgan fingerprint density at radius 1 is 1.50 bits per heavy atom. The summed E-state index contributed by atoms with van der Waals surface area (Å²) in [5, 5.41) is 0. The lowest BCUT2D eigenvalue weighted by atomic mass is 11.0. The molecular formula is C4H4N4O2. The molecule has 1 aromatic rings. The van der Waals surface area contributed by atoms with E-state index in [-0.39, 0.29) is 6.01 Å². The molecule has 0 saturated carbocycles. The van der Waals surface area contributed by atoms with Crippen molar-refractivity contribution in [1.82, 2.24) is 20.4 Å². The van der Waals surface area contributed by atoms with E-state index in [1.54, 1.807) is 0 Å². The van der Waals surface area contributed by atoms with Crippen molar-refractivity contribution in [3.63, 3.8) is 0 Å². The molecule has 0 fully saturated rings. The van der Waals surface area contributed by atoms with Gasteiger partial charge >= 0.3 is 6.01 Å². The number of hydrogen-bond acceptors (Lipinski definition) is 5. The minimum atomic E-state index is 0.0575. The first kappa shape index (κ1) is 6.40. The maximum Gasteiger partial charge on any atom is 0.345 e. The van der Waals surface area contributed by atoms with Gasteiger partial charge in [-0.2, -0.15) is 15.4 Å². The zero-order valence-corrected chi connectivity index (χ0v) is 4.89. The normalized spacial score (nSPS) is 8.40. The molecule has 0 bridgehead atoms. The molecule has 1 N–H and O–H groups in total. The van der Waals surface area contributed by atoms with Crippen molar-refractivity contribution in [2.24, 2.45) is 0 Å². The van der Waals surface area contributed by atoms with Crippen LogP contribution in [0.3, 0.4) is 0 Å². The molecule has 1 rings (SSSR count). The van der Waals surface area contributed by atoms with Crippen LogP contribution in [0.15, 0.2) is 12.7 Å². The number of rotatable bonds is 3. The summed E-state index contributed by atoms with van der Waals surface area (Å²) in [6.45, 7) is 0. The SMILES string of the molecule is O=CNOc1ncncn1. The summed E-state index contributed by atoms with van der Waals surface area (Å²) in [7, 11) is 0. The second-order valence-corrected chi connectivity index (χ2v) is 1.26. The van der Waals surface area contributed by atoms with Gasteiger partial charge in [-0.05, 0) is 0 Å². The van der Waals surface area contributed by atoms with Gasteiger partial charge in [0.25, 0.3) is 0 Å². The van der Waals surface area contributed by atoms with Gasteiger partial charge in [0.2, 0.25) is 6.41 Å². The van der Waals surface area contributed by atoms with Gasteiger partial charge in [0, 0.05) is 0 Å². The molecule has 1 heterocycles. The van der Waals surface area contributed by atoms with Crippen LogP contribution in [-0.4, -0.2) is 21.4 Å². The van der Waals surface area contributed by atoms with Gasteiger partial charge in [-0.25, -0.2) is 4.98 Å². The molecular weight excluding hydrogens is 136 g/mol. The Balaban J connectivity index is 2.50. The average molecular weight is 140 g/mol. The van der Waals surface area contributed by atoms with E-state index in [1.807, 2.05) is 5.48 Å². The molecule has 52 valence electrons. The topological polar surface area (TPSA) is 77.0 Å². The van der Waals surface area contributed by atoms with Gasteiger partial charge in [-0.3, -0.25) is 4.79 Å². The Kier molecular flexibility index (Phi) is 2.13. The minimum absolute atomic E-state index is 0.0575. The molecule has 0 unspecified atom stereocenters. The molecule has 1 amide bonds. The van der Waals surface area contributed by atoms with Crippen LogP contribution in [0.25, 0.3) is 0 Å². The van der Waals surface area contributed by atoms with Crippen LogP contribution in [-0.2, 0) is 4.79 Å². The summed E-state index contributed by atoms with van der Waals surface area (Å²) < 4.78 is 0. The number of hydrogen-bond donors (Lipinski definition) is 1. The van der Waals surface area contributed by atoms with Crippen molar-refractivity contribution in [2.75, 3.05) is 0 Å². The van der Waals surface area contributed by atoms with Crippen molar-refractivity contribution < 1.29 is 9.63 Å². The number of amides is 1. The highest BCUT2D eigenvalue weighted by molar-refractivity contribution is 5.44. The molecule has 0 atom stereocenters. The molecule has 1 aromatic heterocycles. The standard InChI is InChI=1S/C4H4N4O2/c9-3-8-10-4-6-1-5-2-7-4/h1-3H,(H,8,9). The fraction of sp³-hybridized carbons (Fsp3) is 0. The summed E-state index contributed by atoms with van der Waals surface area (Å²) in [5.74, 6) is 0. The Bertz CT molecular complexity index is 202. The van der Waals surface area contributed by atoms with Crippen LogP contribution in [0, 0.1) is 0 Å². The molecule has 6 nitrogen and oxygen atoms in total. The van der Waals surface area contributed by atoms with Crippen LogP contribution in [0.1, 0.15) is 0 Å². The Hall–Kier alpha value is -1.72. The maximum atomic E-state index is 9.67. The van der Waals surface area contributed by atoms with Gasteiger partial charge in [0.15, 0.2) is 0 Å². The second kappa shape index (κ2) is 3.33. The molecule has 6 heteroatoms. The largest absolute Gasteiger partial charge is 0.345 e. The summed E-state index contributed by atoms with van der Waals surface area (Å²) in [5.41, 5.74) is 1.93. The lowest BCUT2D eigenvalue weighted by molar-refractivity contribution is -0.115. The maximum absolute atomic E-state index is 9.67. The zero-order chi connectivity index (χ0) is 7.23. The summed E-state index contributed by atoms with van der Waals surface area (Å²) >= 11 is 0. The predicted octanol–water partition coefficient (Wildman–Crippen LogP) is -1.09. The van der Waals surface area contributed by atoms with E-state index in [2.05, 4.69) is 19.8 Å². The number of carbonyl (C=O) groups is 1. The van der Waals surface area contributed by atoms with E-state index >= 15 is 0 Å². The van der Waals surface area contributed by atoms with Crippen LogP contribution < -0.4 is 10.3 Å². The fourth-order valence-corrected chi connectivity index (χ4v) is 0.358. The molecule has 0 spiro atoms. The second-order valence-electron chi connectivity index (χ2n) is 1.26. The van der Waals surface area contributed by atoms with Crippen molar-refractivity contribution in [3.05, 3.63) is 12.7 Å². The Morgan fingerprint density at radius 3 is 2.80 bits per heavy atom. The number of carbonyl (C=O) groups excluding carboxylic acids is 1. The number of nitrogens with one attached hydrogen (secondary N) is 1. The molecule has 0 aliphatic carbocycles. The monoisotopic (exact) mass is 140 g/mol. The van der Waals surface area contributed by atoms with E-state index in [0.717, 1.165) is 0 Å². The fourth-order valence-electron chi connectivity index (χ4n) is 0.358. The summed E-state index contributed by atoms with van der Waals surface area (Å²) in [4.78, 5) is 24.8. The van der Waals surface area contributed by atoms with E-state index in [1.165, 1.54) is 12.7 Å². The van der Waals surface area contributed by atoms with Crippen LogP contribution in [0.5, 0.6) is 6.01 Å². The first-order chi connectivity index (χ1) is 4.93. The van der Waals surface area contributed by atoms with Crippen molar-refractivity contribution in [3.8, 4) is 6.01 Å². The van der Waals surface area contributed by atoms with Gasteiger partial charge in [-0.15, -0.1) is 0 Å². The Morgan fingerprint density at radius 2 is 2.20 bits per heavy atom. The minimum Gasteiger partial charge on any atom is -0.338 e. The quantitative estimate of drug-likeness (QED) is 0.426. The molecule has 0 radical (unpaired) electrons. The van der Waals surface area contributed by atoms with Gasteiger partial charge in [-0.1, -0.05) is 0 Å². The molecule has 0 aliphatic heterocycles. The molecule has 0 aliphatic rings. The third-order valence-corrected chi connectivity index (χ3v) is 0.668. The third kappa shape index (κ3) is 1.66. The van der Waals surface area contributed by atoms with Crippen LogP contribution in [0.4, 0.5) is 0 Å². The molecule has 10 heavy (non-hydrogen) atoms. The van der Waals surface area contributed by atoms with E-state index in [4.69, 9.17) is 0 Å². The van der Waals surface area contributed by atoms with Crippen molar-refractivity contribution in [1.29, 1.82) is 0 Å². The number of aromatic nitrogens is 3. The van der Waals surface area contributed by atoms with Gasteiger partial charge in [0.05, 0.1) is 0 Å². The van der Waals surface area contributed by atoms with Crippen molar-refractivity contribution >= 4 is 6.41 Å². The number of nitrogens with zero attached hydrogens (tertiary/aromatic N) is 3. The summed E-state index contributed by atoms with van der Waals surface area (Å²) in [6, 6.07) is 0.0575. The Labute approximate surface area is 56.2 Å². The van der Waals surface area contributed by atoms with E-state index in [9.17, 15) is 4.79 Å². The highest BCUT2D eigenvalue weighted by Gasteiger charge is 1.90. The van der Waals surface area contributed by atoms with E-state index < -0.39 is 0 Å². The average Bonchev–Trinajstić information content (AvgIpc) is 2.03. The third-order valence-electron chi connectivity index (χ3n) is 0.668. The number of hydroxylamine groups is 1. The van der Waals surface area contributed by atoms with Gasteiger partial charge in [0.1, 0.15) is 12.7 Å². The lowest BCUT2D eigenvalue weighted by Crippen LogP contribution is -2.16. The highest BCUT2D eigenvalue weighted by Crippen LogP contribution is 1.90. The van der Waals surface area contributed by atoms with E-state index in [0.29, 0.717) is 6.41 Å². The molecule has 0 saturated heterocycles. The molecule has 0 aromatic carbocycles. The van der Waals surface area contributed by atoms with Gasteiger partial charge < -0.3 is 4.84 Å². The van der Waals surface area contributed by atoms with Crippen molar-refractivity contribution in [2.45, 2.75) is 0 Å². The van der Waals surface area contributed by atoms with Crippen LogP contribution in [0.2, 0.25) is 0 Å². The first-order valence-electron chi connectivity index (χ1n) is 2.41. The summed E-state index contributed by atoms with van der Waals surface area (Å²) in [6.07, 6.45) is 2.90. The first-order valence-corrected chi connectivity index (χ1v) is 2.41. The smallest absolute Gasteiger partial charge is 0.338 e. The highest BCUT2D eigenvalue weighted by atomic mass is 16.7. The predicted molar refractivity (Wildman–Crippen MR) is 29.7 cm³/mol. The lowest BCUT2D eigenvalue weighted by Gasteiger charge is -1.95. The van der Waals surface area contributed by atoms with Crippen LogP contribution >= 0.6 is 0 Å². The zero-order valence-electron chi connectivity index (χ0n) is 4.89.